The Morgan fingerprint density at radius 3 is 1.02 bits per heavy atom. The third-order valence-corrected chi connectivity index (χ3v) is 24.9. The lowest BCUT2D eigenvalue weighted by molar-refractivity contribution is -0.177. The molecule has 2 saturated carbocycles. The van der Waals surface area contributed by atoms with Crippen LogP contribution in [0.4, 0.5) is 8.78 Å². The molecule has 8 rings (SSSR count). The monoisotopic (exact) mass is 1910 g/mol. The number of rotatable bonds is 49. The number of unbranched alkanes of at least 4 members (excludes halogenated alkanes) is 5. The van der Waals surface area contributed by atoms with Crippen LogP contribution >= 0.6 is 0 Å². The van der Waals surface area contributed by atoms with Crippen LogP contribution in [0.15, 0.2) is 152 Å². The molecule has 0 radical (unpaired) electrons. The molecule has 0 aromatic heterocycles. The Morgan fingerprint density at radius 1 is 0.312 bits per heavy atom. The van der Waals surface area contributed by atoms with Crippen LogP contribution in [-0.2, 0) is 146 Å². The SMILES string of the molecule is C=C(C)C(=O)OCCCc1cc(-c2ccc(-c3ccc(C4CCC(CCCCC)CC4)cc3F)c(CC)c2)cc(CCCC)c1OCC(COC(=O)C(=C)C)(COC(=O)C(=O)OC)COC(=O)C(=O)OC.C=C(C)C(=O)OCCCc1cc(-c2ccc(-c3ccc(C4CCC(CCCCC)CC4)cc3F)cc2)c(CC)cc1OCC(COC(=O)C(=C)C)(COC(=O)C(=O)OC)COC(=O)C(=O)OC. The Balaban J connectivity index is 0.000000376. The summed E-state index contributed by atoms with van der Waals surface area (Å²) in [6.45, 7) is 26.2. The molecule has 6 aromatic rings. The molecule has 0 bridgehead atoms. The number of aryl methyl sites for hydroxylation is 5. The van der Waals surface area contributed by atoms with E-state index in [0.717, 1.165) is 140 Å². The summed E-state index contributed by atoms with van der Waals surface area (Å²) in [6, 6.07) is 32.8. The van der Waals surface area contributed by atoms with Gasteiger partial charge >= 0.3 is 71.6 Å². The lowest BCUT2D eigenvalue weighted by Gasteiger charge is -2.32. The number of benzene rings is 6. The van der Waals surface area contributed by atoms with Crippen LogP contribution in [-0.4, -0.2) is 166 Å². The average Bonchev–Trinajstić information content (AvgIpc) is 0.781. The van der Waals surface area contributed by atoms with Gasteiger partial charge in [0.05, 0.1) is 41.7 Å². The van der Waals surface area contributed by atoms with Crippen LogP contribution in [0.1, 0.15) is 242 Å². The molecule has 748 valence electrons. The van der Waals surface area contributed by atoms with Crippen molar-refractivity contribution in [3.63, 3.8) is 0 Å². The van der Waals surface area contributed by atoms with Crippen molar-refractivity contribution in [3.8, 4) is 56.0 Å². The number of halogens is 2. The Bertz CT molecular complexity index is 5170. The molecule has 0 saturated heterocycles. The smallest absolute Gasteiger partial charge is 0.417 e. The van der Waals surface area contributed by atoms with Crippen molar-refractivity contribution >= 4 is 71.6 Å². The van der Waals surface area contributed by atoms with E-state index in [4.69, 9.17) is 47.4 Å². The lowest BCUT2D eigenvalue weighted by Crippen LogP contribution is -2.45. The summed E-state index contributed by atoms with van der Waals surface area (Å²) in [7, 11) is 3.95. The predicted molar refractivity (Wildman–Crippen MR) is 517 cm³/mol. The molecule has 26 nitrogen and oxygen atoms in total. The molecule has 0 heterocycles. The summed E-state index contributed by atoms with van der Waals surface area (Å²) in [5.74, 6) is -11.1. The van der Waals surface area contributed by atoms with E-state index in [9.17, 15) is 57.5 Å². The fourth-order valence-electron chi connectivity index (χ4n) is 16.7. The standard InChI is InChI=1S/C57H73FO13.C53H65FO13/c1-10-13-15-17-39-20-22-41(23-21-39)43-25-27-48(49(58)32-43)47-26-24-42(29-40(47)12-3)46-30-44(18-14-11-2)50(45(31-46)19-16-28-67-51(59)37(4)5)68-33-57(34-69-52(60)38(6)7,35-70-55(63)53(61)65-8)36-71-56(64)54(62)66-9;1-9-11-12-14-36-16-18-38(19-17-36)41-24-25-43(45(54)28-41)39-20-22-40(23-21-39)44-27-42(15-13-26-63-47(55)34(3)4)46(29-37(44)10-2)64-30-53(31-65-48(56)35(5)6,32-66-51(59)49(57)61-7)33-67-52(60)50(58)62-8/h24-27,29-32,39,41H,4,6,10-23,28,33-36H2,1-3,5,7-9H3;20-25,27-29,36,38H,3,5,9-19,26,30-33H2,1-2,4,6-8H3. The maximum atomic E-state index is 16.2. The summed E-state index contributed by atoms with van der Waals surface area (Å²) in [5, 5.41) is 0. The Hall–Kier alpha value is -12.6. The number of methoxy groups -OCH3 is 4. The van der Waals surface area contributed by atoms with E-state index in [1.165, 1.54) is 90.9 Å². The molecule has 0 aliphatic heterocycles. The van der Waals surface area contributed by atoms with E-state index in [2.05, 4.69) is 77.3 Å². The van der Waals surface area contributed by atoms with Gasteiger partial charge in [-0.15, -0.1) is 0 Å². The molecule has 0 unspecified atom stereocenters. The lowest BCUT2D eigenvalue weighted by atomic mass is 9.77. The molecular weight excluding hydrogens is 1780 g/mol. The first-order valence-corrected chi connectivity index (χ1v) is 47.8. The van der Waals surface area contributed by atoms with E-state index in [1.54, 1.807) is 26.0 Å². The molecule has 0 spiro atoms. The minimum Gasteiger partial charge on any atom is -0.492 e. The summed E-state index contributed by atoms with van der Waals surface area (Å²) in [5.41, 5.74) is 9.23. The van der Waals surface area contributed by atoms with Gasteiger partial charge in [0.1, 0.15) is 86.8 Å². The second-order valence-electron chi connectivity index (χ2n) is 36.0. The Kier molecular flexibility index (Phi) is 46.4. The molecule has 6 aromatic carbocycles. The molecule has 138 heavy (non-hydrogen) atoms. The number of carbonyl (C=O) groups excluding carboxylic acids is 12. The largest absolute Gasteiger partial charge is 0.492 e. The van der Waals surface area contributed by atoms with Gasteiger partial charge < -0.3 is 66.3 Å². The molecule has 28 heteroatoms. The Morgan fingerprint density at radius 2 is 0.645 bits per heavy atom. The molecule has 0 amide bonds. The Labute approximate surface area is 810 Å². The van der Waals surface area contributed by atoms with E-state index >= 15 is 8.78 Å². The van der Waals surface area contributed by atoms with Gasteiger partial charge in [0.25, 0.3) is 0 Å². The zero-order valence-electron chi connectivity index (χ0n) is 82.6. The van der Waals surface area contributed by atoms with Gasteiger partial charge in [0.2, 0.25) is 0 Å². The highest BCUT2D eigenvalue weighted by atomic mass is 19.1. The third-order valence-electron chi connectivity index (χ3n) is 24.9. The molecule has 2 aliphatic rings. The van der Waals surface area contributed by atoms with E-state index < -0.39 is 135 Å². The normalized spacial score (nSPS) is 14.5. The first-order chi connectivity index (χ1) is 66.0. The van der Waals surface area contributed by atoms with Gasteiger partial charge in [-0.2, -0.15) is 0 Å². The average molecular weight is 1910 g/mol. The van der Waals surface area contributed by atoms with Crippen LogP contribution in [0.5, 0.6) is 11.5 Å². The van der Waals surface area contributed by atoms with Gasteiger partial charge in [-0.05, 0) is 263 Å². The van der Waals surface area contributed by atoms with E-state index in [0.29, 0.717) is 90.5 Å². The fraction of sp³-hybridized carbons (Fsp3) is 0.491. The van der Waals surface area contributed by atoms with Crippen LogP contribution in [0.2, 0.25) is 0 Å². The number of carbonyl (C=O) groups is 12. The van der Waals surface area contributed by atoms with Crippen molar-refractivity contribution in [2.45, 2.75) is 235 Å². The molecule has 2 aliphatic carbocycles. The number of esters is 12. The summed E-state index contributed by atoms with van der Waals surface area (Å²) < 4.78 is 106. The maximum Gasteiger partial charge on any atom is 0.417 e. The number of hydrogen-bond donors (Lipinski definition) is 0. The van der Waals surface area contributed by atoms with Crippen molar-refractivity contribution in [2.24, 2.45) is 22.7 Å². The van der Waals surface area contributed by atoms with Gasteiger partial charge in [0.15, 0.2) is 0 Å². The van der Waals surface area contributed by atoms with Crippen molar-refractivity contribution in [2.75, 3.05) is 94.5 Å². The topological polar surface area (TPSA) is 334 Å². The zero-order valence-corrected chi connectivity index (χ0v) is 82.6. The minimum absolute atomic E-state index is 0.0301. The van der Waals surface area contributed by atoms with Crippen LogP contribution < -0.4 is 9.47 Å². The molecule has 0 N–H and O–H groups in total. The van der Waals surface area contributed by atoms with Crippen LogP contribution in [0.3, 0.4) is 0 Å². The summed E-state index contributed by atoms with van der Waals surface area (Å²) >= 11 is 0. The highest BCUT2D eigenvalue weighted by molar-refractivity contribution is 6.31. The zero-order chi connectivity index (χ0) is 101. The summed E-state index contributed by atoms with van der Waals surface area (Å²) in [6.07, 6.45) is 23.9. The van der Waals surface area contributed by atoms with Gasteiger partial charge in [-0.1, -0.05) is 185 Å². The minimum atomic E-state index is -1.72. The maximum absolute atomic E-state index is 16.2. The second kappa shape index (κ2) is 56.9. The highest BCUT2D eigenvalue weighted by Crippen LogP contribution is 2.44. The highest BCUT2D eigenvalue weighted by Gasteiger charge is 2.42. The molecule has 0 atom stereocenters. The third kappa shape index (κ3) is 34.2. The first-order valence-electron chi connectivity index (χ1n) is 47.8. The van der Waals surface area contributed by atoms with Crippen LogP contribution in [0, 0.1) is 34.3 Å². The fourth-order valence-corrected chi connectivity index (χ4v) is 16.7. The van der Waals surface area contributed by atoms with Crippen molar-refractivity contribution in [1.82, 2.24) is 0 Å². The first kappa shape index (κ1) is 112. The predicted octanol–water partition coefficient (Wildman–Crippen LogP) is 20.4. The molecular formula is C110H138F2O26. The number of hydrogen-bond acceptors (Lipinski definition) is 26. The van der Waals surface area contributed by atoms with Crippen molar-refractivity contribution < 1.29 is 133 Å². The quantitative estimate of drug-likeness (QED) is 0.0113. The van der Waals surface area contributed by atoms with E-state index in [1.807, 2.05) is 93.6 Å². The van der Waals surface area contributed by atoms with E-state index in [-0.39, 0.29) is 47.1 Å². The van der Waals surface area contributed by atoms with Gasteiger partial charge in [-0.25, -0.2) is 66.3 Å². The van der Waals surface area contributed by atoms with Gasteiger partial charge in [0, 0.05) is 33.4 Å². The summed E-state index contributed by atoms with van der Waals surface area (Å²) in [4.78, 5) is 149. The molecule has 2 fully saturated rings. The van der Waals surface area contributed by atoms with Crippen LogP contribution in [0.25, 0.3) is 44.5 Å². The number of ether oxygens (including phenoxy) is 14. The van der Waals surface area contributed by atoms with Gasteiger partial charge in [-0.3, -0.25) is 0 Å². The van der Waals surface area contributed by atoms with Crippen molar-refractivity contribution in [1.29, 1.82) is 0 Å². The van der Waals surface area contributed by atoms with Crippen molar-refractivity contribution in [3.05, 3.63) is 202 Å². The second-order valence-corrected chi connectivity index (χ2v) is 36.0.